The molecule has 2 N–H and O–H groups in total. The average Bonchev–Trinajstić information content (AvgIpc) is 2.57. The molecule has 6 heteroatoms. The number of anilines is 1. The molecule has 2 heterocycles. The number of aliphatic carboxylic acids is 1. The van der Waals surface area contributed by atoms with Crippen LogP contribution in [0.15, 0.2) is 18.3 Å². The van der Waals surface area contributed by atoms with Crippen LogP contribution in [-0.4, -0.2) is 32.4 Å². The van der Waals surface area contributed by atoms with E-state index in [4.69, 9.17) is 5.11 Å². The van der Waals surface area contributed by atoms with E-state index in [2.05, 4.69) is 15.4 Å². The van der Waals surface area contributed by atoms with Gasteiger partial charge in [-0.25, -0.2) is 4.98 Å². The second kappa shape index (κ2) is 3.56. The first-order valence-corrected chi connectivity index (χ1v) is 4.41. The summed E-state index contributed by atoms with van der Waals surface area (Å²) < 4.78 is 1.64. The van der Waals surface area contributed by atoms with Crippen molar-refractivity contribution in [1.29, 1.82) is 0 Å². The standard InChI is InChI=1S/C9H10N4O2/c1-13-9-6(4-11-13)2-3-7(12-9)10-5-8(14)15/h2-4H,5H2,1H3,(H,10,12)(H,14,15). The quantitative estimate of drug-likeness (QED) is 0.762. The Bertz CT molecular complexity index is 506. The number of fused-ring (bicyclic) bond motifs is 1. The van der Waals surface area contributed by atoms with Gasteiger partial charge in [-0.3, -0.25) is 9.48 Å². The molecule has 0 saturated heterocycles. The van der Waals surface area contributed by atoms with E-state index in [0.29, 0.717) is 5.82 Å². The van der Waals surface area contributed by atoms with Crippen molar-refractivity contribution >= 4 is 22.8 Å². The zero-order chi connectivity index (χ0) is 10.8. The fraction of sp³-hybridized carbons (Fsp3) is 0.222. The van der Waals surface area contributed by atoms with Gasteiger partial charge in [0, 0.05) is 12.4 Å². The molecule has 2 rings (SSSR count). The number of rotatable bonds is 3. The van der Waals surface area contributed by atoms with Crippen LogP contribution in [0.2, 0.25) is 0 Å². The Morgan fingerprint density at radius 2 is 2.40 bits per heavy atom. The van der Waals surface area contributed by atoms with E-state index in [9.17, 15) is 4.79 Å². The molecule has 0 saturated carbocycles. The molecular weight excluding hydrogens is 196 g/mol. The minimum Gasteiger partial charge on any atom is -0.480 e. The lowest BCUT2D eigenvalue weighted by molar-refractivity contribution is -0.134. The second-order valence-corrected chi connectivity index (χ2v) is 3.12. The Morgan fingerprint density at radius 3 is 3.13 bits per heavy atom. The van der Waals surface area contributed by atoms with Crippen molar-refractivity contribution in [3.8, 4) is 0 Å². The first-order chi connectivity index (χ1) is 7.16. The molecule has 0 amide bonds. The van der Waals surface area contributed by atoms with Crippen molar-refractivity contribution in [2.45, 2.75) is 0 Å². The Hall–Kier alpha value is -2.11. The third-order valence-corrected chi connectivity index (χ3v) is 2.00. The van der Waals surface area contributed by atoms with Crippen molar-refractivity contribution < 1.29 is 9.90 Å². The highest BCUT2D eigenvalue weighted by molar-refractivity contribution is 5.77. The minimum atomic E-state index is -0.915. The molecule has 0 bridgehead atoms. The van der Waals surface area contributed by atoms with Gasteiger partial charge in [-0.1, -0.05) is 0 Å². The number of nitrogens with one attached hydrogen (secondary N) is 1. The van der Waals surface area contributed by atoms with Gasteiger partial charge >= 0.3 is 5.97 Å². The zero-order valence-electron chi connectivity index (χ0n) is 8.14. The number of carbonyl (C=O) groups is 1. The van der Waals surface area contributed by atoms with Gasteiger partial charge in [0.05, 0.1) is 6.20 Å². The SMILES string of the molecule is Cn1ncc2ccc(NCC(=O)O)nc21. The van der Waals surface area contributed by atoms with Gasteiger partial charge in [-0.2, -0.15) is 5.10 Å². The topological polar surface area (TPSA) is 80.0 Å². The van der Waals surface area contributed by atoms with Gasteiger partial charge in [-0.05, 0) is 12.1 Å². The highest BCUT2D eigenvalue weighted by Crippen LogP contribution is 2.13. The van der Waals surface area contributed by atoms with Crippen LogP contribution in [0.25, 0.3) is 11.0 Å². The van der Waals surface area contributed by atoms with E-state index in [1.807, 2.05) is 6.07 Å². The number of carboxylic acids is 1. The molecule has 0 spiro atoms. The number of aryl methyl sites for hydroxylation is 1. The number of carboxylic acid groups (broad SMARTS) is 1. The van der Waals surface area contributed by atoms with E-state index in [-0.39, 0.29) is 6.54 Å². The first kappa shape index (κ1) is 9.45. The summed E-state index contributed by atoms with van der Waals surface area (Å²) in [6, 6.07) is 3.58. The minimum absolute atomic E-state index is 0.143. The summed E-state index contributed by atoms with van der Waals surface area (Å²) in [6.45, 7) is -0.143. The molecule has 0 aliphatic heterocycles. The molecule has 0 radical (unpaired) electrons. The molecule has 78 valence electrons. The second-order valence-electron chi connectivity index (χ2n) is 3.12. The molecule has 0 aliphatic carbocycles. The highest BCUT2D eigenvalue weighted by Gasteiger charge is 2.03. The predicted molar refractivity (Wildman–Crippen MR) is 54.6 cm³/mol. The van der Waals surface area contributed by atoms with Gasteiger partial charge in [0.1, 0.15) is 12.4 Å². The number of hydrogen-bond donors (Lipinski definition) is 2. The van der Waals surface area contributed by atoms with Crippen LogP contribution in [0.3, 0.4) is 0 Å². The lowest BCUT2D eigenvalue weighted by atomic mass is 10.3. The molecule has 0 unspecified atom stereocenters. The molecule has 0 fully saturated rings. The summed E-state index contributed by atoms with van der Waals surface area (Å²) in [5.74, 6) is -0.379. The Labute approximate surface area is 85.5 Å². The van der Waals surface area contributed by atoms with Crippen LogP contribution in [0.4, 0.5) is 5.82 Å². The third kappa shape index (κ3) is 1.88. The highest BCUT2D eigenvalue weighted by atomic mass is 16.4. The monoisotopic (exact) mass is 206 g/mol. The van der Waals surface area contributed by atoms with Crippen molar-refractivity contribution in [2.24, 2.45) is 7.05 Å². The van der Waals surface area contributed by atoms with E-state index in [0.717, 1.165) is 11.0 Å². The predicted octanol–water partition coefficient (Wildman–Crippen LogP) is 0.465. The van der Waals surface area contributed by atoms with Crippen LogP contribution in [0.5, 0.6) is 0 Å². The normalized spacial score (nSPS) is 10.5. The van der Waals surface area contributed by atoms with E-state index < -0.39 is 5.97 Å². The lowest BCUT2D eigenvalue weighted by Gasteiger charge is -2.02. The Balaban J connectivity index is 2.29. The molecule has 6 nitrogen and oxygen atoms in total. The lowest BCUT2D eigenvalue weighted by Crippen LogP contribution is -2.13. The van der Waals surface area contributed by atoms with Crippen molar-refractivity contribution in [3.63, 3.8) is 0 Å². The summed E-state index contributed by atoms with van der Waals surface area (Å²) in [4.78, 5) is 14.6. The van der Waals surface area contributed by atoms with Crippen LogP contribution in [-0.2, 0) is 11.8 Å². The fourth-order valence-corrected chi connectivity index (χ4v) is 1.29. The maximum Gasteiger partial charge on any atom is 0.322 e. The molecular formula is C9H10N4O2. The first-order valence-electron chi connectivity index (χ1n) is 4.41. The smallest absolute Gasteiger partial charge is 0.322 e. The Morgan fingerprint density at radius 1 is 1.60 bits per heavy atom. The summed E-state index contributed by atoms with van der Waals surface area (Å²) in [7, 11) is 1.79. The van der Waals surface area contributed by atoms with Gasteiger partial charge < -0.3 is 10.4 Å². The van der Waals surface area contributed by atoms with Crippen LogP contribution >= 0.6 is 0 Å². The van der Waals surface area contributed by atoms with Crippen molar-refractivity contribution in [2.75, 3.05) is 11.9 Å². The fourth-order valence-electron chi connectivity index (χ4n) is 1.29. The summed E-state index contributed by atoms with van der Waals surface area (Å²) in [6.07, 6.45) is 1.71. The number of pyridine rings is 1. The molecule has 0 aromatic carbocycles. The maximum atomic E-state index is 10.3. The summed E-state index contributed by atoms with van der Waals surface area (Å²) in [5.41, 5.74) is 0.727. The maximum absolute atomic E-state index is 10.3. The summed E-state index contributed by atoms with van der Waals surface area (Å²) >= 11 is 0. The molecule has 15 heavy (non-hydrogen) atoms. The molecule has 2 aromatic heterocycles. The average molecular weight is 206 g/mol. The zero-order valence-corrected chi connectivity index (χ0v) is 8.14. The molecule has 2 aromatic rings. The van der Waals surface area contributed by atoms with Gasteiger partial charge in [0.25, 0.3) is 0 Å². The van der Waals surface area contributed by atoms with Gasteiger partial charge in [0.2, 0.25) is 0 Å². The summed E-state index contributed by atoms with van der Waals surface area (Å²) in [5, 5.41) is 16.2. The third-order valence-electron chi connectivity index (χ3n) is 2.00. The number of aromatic nitrogens is 3. The van der Waals surface area contributed by atoms with Crippen molar-refractivity contribution in [3.05, 3.63) is 18.3 Å². The number of hydrogen-bond acceptors (Lipinski definition) is 4. The van der Waals surface area contributed by atoms with E-state index in [1.54, 1.807) is 24.0 Å². The Kier molecular flexibility index (Phi) is 2.24. The van der Waals surface area contributed by atoms with E-state index >= 15 is 0 Å². The molecule has 0 aliphatic rings. The van der Waals surface area contributed by atoms with E-state index in [1.165, 1.54) is 0 Å². The number of nitrogens with zero attached hydrogens (tertiary/aromatic N) is 3. The van der Waals surface area contributed by atoms with Crippen LogP contribution in [0.1, 0.15) is 0 Å². The van der Waals surface area contributed by atoms with Gasteiger partial charge in [0.15, 0.2) is 5.65 Å². The van der Waals surface area contributed by atoms with Crippen LogP contribution in [0, 0.1) is 0 Å². The largest absolute Gasteiger partial charge is 0.480 e. The van der Waals surface area contributed by atoms with Crippen molar-refractivity contribution in [1.82, 2.24) is 14.8 Å². The van der Waals surface area contributed by atoms with Gasteiger partial charge in [-0.15, -0.1) is 0 Å². The van der Waals surface area contributed by atoms with Crippen LogP contribution < -0.4 is 5.32 Å². The molecule has 0 atom stereocenters.